The van der Waals surface area contributed by atoms with Gasteiger partial charge in [0.2, 0.25) is 0 Å². The van der Waals surface area contributed by atoms with E-state index in [1.807, 2.05) is 211 Å². The molecule has 0 N–H and O–H groups in total. The maximum Gasteiger partial charge on any atom is 2.00 e. The third kappa shape index (κ3) is 36.7. The van der Waals surface area contributed by atoms with E-state index < -0.39 is 0 Å². The Hall–Kier alpha value is -0.0306. The van der Waals surface area contributed by atoms with Gasteiger partial charge in [-0.3, -0.25) is 0 Å². The summed E-state index contributed by atoms with van der Waals surface area (Å²) in [5, 5.41) is 18.2. The van der Waals surface area contributed by atoms with Crippen molar-refractivity contribution in [1.82, 2.24) is 39.6 Å². The van der Waals surface area contributed by atoms with Gasteiger partial charge in [0, 0.05) is 47.6 Å². The van der Waals surface area contributed by atoms with Gasteiger partial charge < -0.3 is 192 Å². The molecule has 0 amide bonds. The van der Waals surface area contributed by atoms with E-state index in [-0.39, 0.29) is 284 Å². The van der Waals surface area contributed by atoms with Gasteiger partial charge in [-0.25, -0.2) is 18.7 Å². The Bertz CT molecular complexity index is 3230. The van der Waals surface area contributed by atoms with Crippen LogP contribution in [-0.4, -0.2) is 50.3 Å². The molecular formula is C66H64Cl4I8N12Pd4. The second-order valence-electron chi connectivity index (χ2n) is 18.1. The Kier molecular flexibility index (Phi) is 67.6. The average molecular weight is 2610 g/mol. The quantitative estimate of drug-likeness (QED) is 0.0401. The SMILES string of the molecule is ClCCl.ClCCl.Cn1n[n+](Cc2ccccc2)[c-]c1-c1ccccc1.Cn1n[n+](Cc2ccccc2)[c-]c1-c1ccccc1.Cn1n[n+](Cc2ccccc2)[c-]c1-c1ccccc1.Cn1n[n+](Cc2ccccc2)[c-]c1-c1ccccc1.[I-].[I-].[I-].[I-].[I-].[I-].[I-].[I-].[Pd+2].[Pd+2].[Pd+2].[Pd+2]. The molecule has 0 bridgehead atoms. The molecule has 0 fully saturated rings. The van der Waals surface area contributed by atoms with E-state index in [9.17, 15) is 0 Å². The third-order valence-corrected chi connectivity index (χ3v) is 12.1. The van der Waals surface area contributed by atoms with Gasteiger partial charge in [0.15, 0.2) is 0 Å². The summed E-state index contributed by atoms with van der Waals surface area (Å²) in [6.45, 7) is 2.95. The van der Waals surface area contributed by atoms with Crippen LogP contribution in [0.3, 0.4) is 0 Å². The molecule has 512 valence electrons. The molecule has 0 spiro atoms. The molecule has 8 aromatic carbocycles. The average Bonchev–Trinajstić information content (AvgIpc) is 1.95. The van der Waals surface area contributed by atoms with Crippen LogP contribution in [0.2, 0.25) is 0 Å². The third-order valence-electron chi connectivity index (χ3n) is 12.1. The zero-order valence-corrected chi connectivity index (χ0v) is 77.0. The molecule has 12 aromatic rings. The number of halogens is 12. The van der Waals surface area contributed by atoms with Gasteiger partial charge >= 0.3 is 81.7 Å². The van der Waals surface area contributed by atoms with E-state index in [0.717, 1.165) is 71.2 Å². The van der Waals surface area contributed by atoms with E-state index in [2.05, 4.69) is 143 Å². The van der Waals surface area contributed by atoms with E-state index >= 15 is 0 Å². The van der Waals surface area contributed by atoms with Crippen LogP contribution in [0, 0.1) is 24.8 Å². The Morgan fingerprint density at radius 3 is 0.521 bits per heavy atom. The summed E-state index contributed by atoms with van der Waals surface area (Å²) in [6.07, 6.45) is 13.3. The summed E-state index contributed by atoms with van der Waals surface area (Å²) in [6, 6.07) is 82.0. The van der Waals surface area contributed by atoms with Crippen molar-refractivity contribution in [3.8, 4) is 45.0 Å². The number of nitrogens with zero attached hydrogens (tertiary/aromatic N) is 12. The van der Waals surface area contributed by atoms with Crippen molar-refractivity contribution in [1.29, 1.82) is 0 Å². The van der Waals surface area contributed by atoms with Crippen LogP contribution in [0.25, 0.3) is 45.0 Å². The molecule has 0 saturated heterocycles. The maximum absolute atomic E-state index is 4.76. The number of aryl methyl sites for hydroxylation is 4. The zero-order valence-electron chi connectivity index (χ0n) is 50.5. The van der Waals surface area contributed by atoms with Gasteiger partial charge in [0.05, 0.1) is 59.7 Å². The van der Waals surface area contributed by atoms with Crippen molar-refractivity contribution in [2.45, 2.75) is 26.2 Å². The first-order valence-electron chi connectivity index (χ1n) is 26.2. The molecule has 0 radical (unpaired) electrons. The summed E-state index contributed by atoms with van der Waals surface area (Å²) in [5.41, 5.74) is 13.4. The zero-order chi connectivity index (χ0) is 57.7. The summed E-state index contributed by atoms with van der Waals surface area (Å²) in [5.74, 6) is 0. The summed E-state index contributed by atoms with van der Waals surface area (Å²) >= 11 is 19.1. The topological polar surface area (TPSA) is 86.8 Å². The van der Waals surface area contributed by atoms with Crippen LogP contribution in [0.15, 0.2) is 243 Å². The monoisotopic (exact) mass is 2600 g/mol. The Balaban J connectivity index is -0.000000256. The van der Waals surface area contributed by atoms with Crippen LogP contribution in [0.4, 0.5) is 0 Å². The Labute approximate surface area is 765 Å². The summed E-state index contributed by atoms with van der Waals surface area (Å²) in [4.78, 5) is 0. The fraction of sp³-hybridized carbons (Fsp3) is 0.152. The molecule has 0 unspecified atom stereocenters. The van der Waals surface area contributed by atoms with Crippen molar-refractivity contribution < 1.29 is 292 Å². The molecule has 0 aliphatic heterocycles. The van der Waals surface area contributed by atoms with Gasteiger partial charge in [0.1, 0.15) is 26.2 Å². The Morgan fingerprint density at radius 2 is 0.383 bits per heavy atom. The minimum absolute atomic E-state index is 0. The first-order valence-corrected chi connectivity index (χ1v) is 28.3. The molecule has 28 heteroatoms. The van der Waals surface area contributed by atoms with Gasteiger partial charge in [-0.2, -0.15) is 18.7 Å². The first-order chi connectivity index (χ1) is 40.1. The minimum atomic E-state index is 0. The molecule has 12 rings (SSSR count). The van der Waals surface area contributed by atoms with Crippen LogP contribution >= 0.6 is 46.4 Å². The second-order valence-corrected chi connectivity index (χ2v) is 19.7. The number of hydrogen-bond acceptors (Lipinski definition) is 4. The van der Waals surface area contributed by atoms with Crippen molar-refractivity contribution in [2.24, 2.45) is 28.2 Å². The number of rotatable bonds is 12. The Morgan fingerprint density at radius 1 is 0.255 bits per heavy atom. The van der Waals surface area contributed by atoms with Crippen molar-refractivity contribution >= 4 is 46.4 Å². The van der Waals surface area contributed by atoms with Gasteiger partial charge in [-0.1, -0.05) is 194 Å². The molecule has 0 atom stereocenters. The van der Waals surface area contributed by atoms with Crippen molar-refractivity contribution in [3.63, 3.8) is 0 Å². The molecule has 0 aliphatic carbocycles. The van der Waals surface area contributed by atoms with E-state index in [0.29, 0.717) is 0 Å². The minimum Gasteiger partial charge on any atom is -1.00 e. The smallest absolute Gasteiger partial charge is 1.00 e. The van der Waals surface area contributed by atoms with Crippen molar-refractivity contribution in [3.05, 3.63) is 290 Å². The van der Waals surface area contributed by atoms with Gasteiger partial charge in [-0.15, -0.1) is 117 Å². The summed E-state index contributed by atoms with van der Waals surface area (Å²) < 4.78 is 14.8. The van der Waals surface area contributed by atoms with Gasteiger partial charge in [-0.05, 0) is 22.3 Å². The van der Waals surface area contributed by atoms with Crippen LogP contribution in [0.1, 0.15) is 22.3 Å². The largest absolute Gasteiger partial charge is 2.00 e. The normalized spacial score (nSPS) is 8.94. The first kappa shape index (κ1) is 105. The maximum atomic E-state index is 4.76. The fourth-order valence-corrected chi connectivity index (χ4v) is 8.39. The number of alkyl halides is 4. The molecule has 0 aliphatic rings. The van der Waals surface area contributed by atoms with Crippen LogP contribution in [-0.2, 0) is 136 Å². The molecular weight excluding hydrogens is 2540 g/mol. The molecule has 94 heavy (non-hydrogen) atoms. The fourth-order valence-electron chi connectivity index (χ4n) is 8.39. The molecule has 4 heterocycles. The van der Waals surface area contributed by atoms with Crippen LogP contribution in [0.5, 0.6) is 0 Å². The number of hydrogen-bond donors (Lipinski definition) is 0. The van der Waals surface area contributed by atoms with E-state index in [1.165, 1.54) is 22.3 Å². The van der Waals surface area contributed by atoms with Crippen LogP contribution < -0.4 is 211 Å². The second kappa shape index (κ2) is 60.5. The van der Waals surface area contributed by atoms with E-state index in [4.69, 9.17) is 46.4 Å². The summed E-state index contributed by atoms with van der Waals surface area (Å²) in [7, 11) is 7.78. The number of aromatic nitrogens is 12. The molecule has 0 saturated carbocycles. The number of benzene rings is 8. The standard InChI is InChI=1S/4C16H15N3.2CH2Cl2.8HI.4Pd/c4*1-18-16(15-10-6-3-7-11-15)13-19(17-18)12-14-8-4-2-5-9-14;2*2-1-3;;;;;;;;;;;;/h4*2-11H,12H2,1H3;2*1H2;8*1H;;;;/q;;;;;;;;;;;;;;4*+2/p-8. The van der Waals surface area contributed by atoms with E-state index in [1.54, 1.807) is 0 Å². The molecule has 4 aromatic heterocycles. The predicted octanol–water partition coefficient (Wildman–Crippen LogP) is -12.2. The molecule has 12 nitrogen and oxygen atoms in total. The van der Waals surface area contributed by atoms with Gasteiger partial charge in [0.25, 0.3) is 0 Å². The van der Waals surface area contributed by atoms with Crippen molar-refractivity contribution in [2.75, 3.05) is 10.7 Å². The predicted molar refractivity (Wildman–Crippen MR) is 326 cm³/mol.